The summed E-state index contributed by atoms with van der Waals surface area (Å²) in [4.78, 5) is 14.0. The van der Waals surface area contributed by atoms with Crippen molar-refractivity contribution in [1.82, 2.24) is 4.98 Å². The van der Waals surface area contributed by atoms with Crippen LogP contribution in [0.4, 0.5) is 0 Å². The largest absolute Gasteiger partial charge is 0.507 e. The number of aromatic hydroxyl groups is 1. The monoisotopic (exact) mass is 193 g/mol. The van der Waals surface area contributed by atoms with Crippen LogP contribution in [0.15, 0.2) is 10.9 Å². The van der Waals surface area contributed by atoms with Gasteiger partial charge in [0.2, 0.25) is 0 Å². The van der Waals surface area contributed by atoms with E-state index in [2.05, 4.69) is 4.98 Å². The molecule has 0 atom stereocenters. The van der Waals surface area contributed by atoms with E-state index in [9.17, 15) is 9.90 Å². The quantitative estimate of drug-likeness (QED) is 0.659. The van der Waals surface area contributed by atoms with E-state index in [1.807, 2.05) is 0 Å². The first-order chi connectivity index (χ1) is 6.77. The van der Waals surface area contributed by atoms with Crippen molar-refractivity contribution in [3.8, 4) is 5.75 Å². The van der Waals surface area contributed by atoms with Crippen LogP contribution < -0.4 is 5.56 Å². The Morgan fingerprint density at radius 1 is 1.14 bits per heavy atom. The summed E-state index contributed by atoms with van der Waals surface area (Å²) in [6.07, 6.45) is 6.42. The molecule has 76 valence electrons. The molecule has 0 aromatic carbocycles. The van der Waals surface area contributed by atoms with Crippen LogP contribution in [0.1, 0.15) is 36.9 Å². The zero-order valence-corrected chi connectivity index (χ0v) is 8.18. The van der Waals surface area contributed by atoms with Crippen molar-refractivity contribution in [1.29, 1.82) is 0 Å². The van der Waals surface area contributed by atoms with Crippen molar-refractivity contribution >= 4 is 0 Å². The number of pyridine rings is 1. The van der Waals surface area contributed by atoms with Gasteiger partial charge in [0.15, 0.2) is 0 Å². The Morgan fingerprint density at radius 2 is 1.86 bits per heavy atom. The summed E-state index contributed by atoms with van der Waals surface area (Å²) < 4.78 is 0. The third-order valence-electron chi connectivity index (χ3n) is 2.82. The molecule has 0 unspecified atom stereocenters. The highest BCUT2D eigenvalue weighted by molar-refractivity contribution is 5.35. The zero-order chi connectivity index (χ0) is 9.97. The number of aromatic amines is 1. The lowest BCUT2D eigenvalue weighted by molar-refractivity contribution is 0.459. The molecule has 0 saturated heterocycles. The predicted molar refractivity (Wildman–Crippen MR) is 54.6 cm³/mol. The average molecular weight is 193 g/mol. The van der Waals surface area contributed by atoms with E-state index in [1.54, 1.807) is 0 Å². The maximum Gasteiger partial charge on any atom is 0.251 e. The third-order valence-corrected chi connectivity index (χ3v) is 2.82. The molecule has 0 fully saturated rings. The minimum Gasteiger partial charge on any atom is -0.507 e. The minimum atomic E-state index is -0.193. The number of aryl methyl sites for hydroxylation is 1. The van der Waals surface area contributed by atoms with Gasteiger partial charge in [-0.3, -0.25) is 4.79 Å². The molecule has 3 heteroatoms. The lowest BCUT2D eigenvalue weighted by atomic mass is 9.97. The summed E-state index contributed by atoms with van der Waals surface area (Å²) in [5.74, 6) is 0.172. The molecule has 1 aromatic heterocycles. The first kappa shape index (κ1) is 9.31. The summed E-state index contributed by atoms with van der Waals surface area (Å²) in [6.45, 7) is 0. The first-order valence-electron chi connectivity index (χ1n) is 5.21. The van der Waals surface area contributed by atoms with E-state index in [0.717, 1.165) is 36.9 Å². The van der Waals surface area contributed by atoms with Gasteiger partial charge in [-0.25, -0.2) is 0 Å². The van der Waals surface area contributed by atoms with E-state index in [0.29, 0.717) is 0 Å². The average Bonchev–Trinajstić information content (AvgIpc) is 2.07. The van der Waals surface area contributed by atoms with Gasteiger partial charge in [-0.2, -0.15) is 0 Å². The minimum absolute atomic E-state index is 0.172. The van der Waals surface area contributed by atoms with Crippen LogP contribution in [0, 0.1) is 0 Å². The molecule has 0 amide bonds. The smallest absolute Gasteiger partial charge is 0.251 e. The highest BCUT2D eigenvalue weighted by atomic mass is 16.3. The lowest BCUT2D eigenvalue weighted by Crippen LogP contribution is -2.12. The van der Waals surface area contributed by atoms with Gasteiger partial charge in [0.25, 0.3) is 5.56 Å². The highest BCUT2D eigenvalue weighted by Crippen LogP contribution is 2.24. The van der Waals surface area contributed by atoms with Gasteiger partial charge in [0, 0.05) is 17.3 Å². The van der Waals surface area contributed by atoms with Crippen LogP contribution in [0.3, 0.4) is 0 Å². The summed E-state index contributed by atoms with van der Waals surface area (Å²) in [5, 5.41) is 9.63. The second kappa shape index (κ2) is 3.86. The number of rotatable bonds is 0. The zero-order valence-electron chi connectivity index (χ0n) is 8.18. The van der Waals surface area contributed by atoms with E-state index >= 15 is 0 Å². The van der Waals surface area contributed by atoms with Gasteiger partial charge in [-0.05, 0) is 25.7 Å². The molecule has 1 heterocycles. The SMILES string of the molecule is O=c1cc(O)c2c([nH]1)CCCCCC2. The van der Waals surface area contributed by atoms with Crippen LogP contribution >= 0.6 is 0 Å². The Balaban J connectivity index is 2.44. The molecule has 0 saturated carbocycles. The molecule has 1 aromatic rings. The number of fused-ring (bicyclic) bond motifs is 1. The summed E-state index contributed by atoms with van der Waals surface area (Å²) >= 11 is 0. The second-order valence-electron chi connectivity index (χ2n) is 3.89. The standard InChI is InChI=1S/C11H15NO2/c13-10-7-11(14)12-9-6-4-2-1-3-5-8(9)10/h7H,1-6H2,(H2,12,13,14). The summed E-state index contributed by atoms with van der Waals surface area (Å²) in [5.41, 5.74) is 1.70. The number of nitrogens with one attached hydrogen (secondary N) is 1. The number of aromatic nitrogens is 1. The fraction of sp³-hybridized carbons (Fsp3) is 0.545. The molecule has 2 N–H and O–H groups in total. The molecule has 2 rings (SSSR count). The Morgan fingerprint density at radius 3 is 2.64 bits per heavy atom. The molecule has 3 nitrogen and oxygen atoms in total. The Labute approximate surface area is 82.8 Å². The van der Waals surface area contributed by atoms with Gasteiger partial charge in [-0.1, -0.05) is 12.8 Å². The topological polar surface area (TPSA) is 53.1 Å². The number of hydrogen-bond donors (Lipinski definition) is 2. The van der Waals surface area contributed by atoms with Gasteiger partial charge in [0.05, 0.1) is 0 Å². The predicted octanol–water partition coefficient (Wildman–Crippen LogP) is 1.74. The van der Waals surface area contributed by atoms with E-state index < -0.39 is 0 Å². The summed E-state index contributed by atoms with van der Waals surface area (Å²) in [7, 11) is 0. The summed E-state index contributed by atoms with van der Waals surface area (Å²) in [6, 6.07) is 1.28. The van der Waals surface area contributed by atoms with Crippen LogP contribution in [0.2, 0.25) is 0 Å². The van der Waals surface area contributed by atoms with Crippen molar-refractivity contribution in [3.63, 3.8) is 0 Å². The fourth-order valence-corrected chi connectivity index (χ4v) is 2.08. The molecule has 1 aliphatic carbocycles. The van der Waals surface area contributed by atoms with Crippen molar-refractivity contribution in [2.75, 3.05) is 0 Å². The van der Waals surface area contributed by atoms with Gasteiger partial charge >= 0.3 is 0 Å². The molecule has 1 aliphatic rings. The molecule has 0 spiro atoms. The Hall–Kier alpha value is -1.25. The van der Waals surface area contributed by atoms with Gasteiger partial charge in [-0.15, -0.1) is 0 Å². The van der Waals surface area contributed by atoms with E-state index in [-0.39, 0.29) is 11.3 Å². The van der Waals surface area contributed by atoms with Crippen LogP contribution in [-0.4, -0.2) is 10.1 Å². The fourth-order valence-electron chi connectivity index (χ4n) is 2.08. The molecule has 0 radical (unpaired) electrons. The second-order valence-corrected chi connectivity index (χ2v) is 3.89. The van der Waals surface area contributed by atoms with Crippen LogP contribution in [-0.2, 0) is 12.8 Å². The van der Waals surface area contributed by atoms with E-state index in [1.165, 1.54) is 18.9 Å². The van der Waals surface area contributed by atoms with Crippen molar-refractivity contribution in [2.45, 2.75) is 38.5 Å². The van der Waals surface area contributed by atoms with Crippen molar-refractivity contribution in [3.05, 3.63) is 27.7 Å². The van der Waals surface area contributed by atoms with Crippen LogP contribution in [0.5, 0.6) is 5.75 Å². The molecule has 14 heavy (non-hydrogen) atoms. The number of H-pyrrole nitrogens is 1. The van der Waals surface area contributed by atoms with Crippen molar-refractivity contribution < 1.29 is 5.11 Å². The van der Waals surface area contributed by atoms with Gasteiger partial charge in [0.1, 0.15) is 5.75 Å². The molecule has 0 bridgehead atoms. The highest BCUT2D eigenvalue weighted by Gasteiger charge is 2.11. The van der Waals surface area contributed by atoms with Gasteiger partial charge < -0.3 is 10.1 Å². The van der Waals surface area contributed by atoms with Crippen molar-refractivity contribution in [2.24, 2.45) is 0 Å². The maximum atomic E-state index is 11.1. The third kappa shape index (κ3) is 1.81. The number of hydrogen-bond acceptors (Lipinski definition) is 2. The van der Waals surface area contributed by atoms with E-state index in [4.69, 9.17) is 0 Å². The Kier molecular flexibility index (Phi) is 2.57. The molecular formula is C11H15NO2. The van der Waals surface area contributed by atoms with Crippen LogP contribution in [0.25, 0.3) is 0 Å². The first-order valence-corrected chi connectivity index (χ1v) is 5.21. The molecular weight excluding hydrogens is 178 g/mol. The maximum absolute atomic E-state index is 11.1. The Bertz CT molecular complexity index is 381. The normalized spacial score (nSPS) is 16.9. The molecule has 0 aliphatic heterocycles. The lowest BCUT2D eigenvalue weighted by Gasteiger charge is -2.13.